The minimum atomic E-state index is 0.668. The van der Waals surface area contributed by atoms with Gasteiger partial charge in [-0.15, -0.1) is 0 Å². The molecule has 2 atom stereocenters. The third-order valence-electron chi connectivity index (χ3n) is 4.67. The van der Waals surface area contributed by atoms with Gasteiger partial charge in [0.2, 0.25) is 0 Å². The van der Waals surface area contributed by atoms with Gasteiger partial charge in [-0.2, -0.15) is 15.0 Å². The molecule has 116 valence electrons. The van der Waals surface area contributed by atoms with Crippen LogP contribution in [0.4, 0.5) is 0 Å². The van der Waals surface area contributed by atoms with Crippen molar-refractivity contribution in [3.63, 3.8) is 0 Å². The number of hydrogen-bond acceptors (Lipinski definition) is 5. The summed E-state index contributed by atoms with van der Waals surface area (Å²) in [5.41, 5.74) is 1.16. The zero-order valence-corrected chi connectivity index (χ0v) is 13.9. The van der Waals surface area contributed by atoms with Gasteiger partial charge in [-0.3, -0.25) is 14.8 Å². The predicted octanol–water partition coefficient (Wildman–Crippen LogP) is 1.39. The number of piperazine rings is 1. The van der Waals surface area contributed by atoms with Crippen molar-refractivity contribution in [1.82, 2.24) is 29.8 Å². The highest BCUT2D eigenvalue weighted by Gasteiger charge is 2.42. The molecule has 2 aromatic rings. The van der Waals surface area contributed by atoms with E-state index >= 15 is 0 Å². The molecule has 2 aliphatic rings. The SMILES string of the molecule is Brc1ccc(CN2CC3CC2CN3CCn2nccn2)nc1. The van der Waals surface area contributed by atoms with E-state index in [9.17, 15) is 0 Å². The zero-order chi connectivity index (χ0) is 14.9. The third kappa shape index (κ3) is 2.93. The molecule has 0 aliphatic carbocycles. The summed E-state index contributed by atoms with van der Waals surface area (Å²) in [5.74, 6) is 0. The Hall–Kier alpha value is -1.31. The lowest BCUT2D eigenvalue weighted by Crippen LogP contribution is -2.46. The minimum absolute atomic E-state index is 0.668. The molecule has 2 aliphatic heterocycles. The number of halogens is 1. The van der Waals surface area contributed by atoms with Crippen LogP contribution in [0.25, 0.3) is 0 Å². The van der Waals surface area contributed by atoms with Gasteiger partial charge >= 0.3 is 0 Å². The molecule has 6 nitrogen and oxygen atoms in total. The van der Waals surface area contributed by atoms with Gasteiger partial charge in [0.15, 0.2) is 0 Å². The van der Waals surface area contributed by atoms with Crippen molar-refractivity contribution in [3.8, 4) is 0 Å². The molecule has 22 heavy (non-hydrogen) atoms. The molecule has 4 rings (SSSR count). The molecule has 2 aromatic heterocycles. The largest absolute Gasteiger partial charge is 0.296 e. The maximum absolute atomic E-state index is 4.49. The van der Waals surface area contributed by atoms with Crippen LogP contribution >= 0.6 is 15.9 Å². The molecule has 0 aromatic carbocycles. The first-order valence-corrected chi connectivity index (χ1v) is 8.50. The Balaban J connectivity index is 1.31. The summed E-state index contributed by atoms with van der Waals surface area (Å²) < 4.78 is 1.04. The Kier molecular flexibility index (Phi) is 3.94. The molecular formula is C15H19BrN6. The molecule has 0 N–H and O–H groups in total. The second kappa shape index (κ2) is 6.06. The molecule has 0 amide bonds. The molecule has 2 saturated heterocycles. The van der Waals surface area contributed by atoms with E-state index in [4.69, 9.17) is 0 Å². The average molecular weight is 363 g/mol. The number of pyridine rings is 1. The molecule has 4 heterocycles. The van der Waals surface area contributed by atoms with E-state index in [2.05, 4.69) is 53.0 Å². The number of likely N-dealkylation sites (tertiary alicyclic amines) is 2. The Labute approximate surface area is 138 Å². The Bertz CT molecular complexity index is 613. The van der Waals surface area contributed by atoms with E-state index in [0.29, 0.717) is 12.1 Å². The minimum Gasteiger partial charge on any atom is -0.296 e. The van der Waals surface area contributed by atoms with Gasteiger partial charge in [0, 0.05) is 48.9 Å². The van der Waals surface area contributed by atoms with Crippen molar-refractivity contribution in [1.29, 1.82) is 0 Å². The van der Waals surface area contributed by atoms with Gasteiger partial charge < -0.3 is 0 Å². The number of hydrogen-bond donors (Lipinski definition) is 0. The van der Waals surface area contributed by atoms with Gasteiger partial charge in [-0.1, -0.05) is 0 Å². The number of rotatable bonds is 5. The van der Waals surface area contributed by atoms with Crippen molar-refractivity contribution >= 4 is 15.9 Å². The zero-order valence-electron chi connectivity index (χ0n) is 12.3. The van der Waals surface area contributed by atoms with E-state index < -0.39 is 0 Å². The van der Waals surface area contributed by atoms with Crippen LogP contribution in [0.5, 0.6) is 0 Å². The van der Waals surface area contributed by atoms with Crippen LogP contribution in [-0.2, 0) is 13.1 Å². The maximum atomic E-state index is 4.49. The molecule has 2 bridgehead atoms. The fourth-order valence-corrected chi connectivity index (χ4v) is 3.82. The molecule has 7 heteroatoms. The van der Waals surface area contributed by atoms with Gasteiger partial charge in [0.05, 0.1) is 24.6 Å². The van der Waals surface area contributed by atoms with E-state index in [1.54, 1.807) is 17.2 Å². The number of fused-ring (bicyclic) bond motifs is 2. The first kappa shape index (κ1) is 14.3. The van der Waals surface area contributed by atoms with Crippen LogP contribution in [0.3, 0.4) is 0 Å². The summed E-state index contributed by atoms with van der Waals surface area (Å²) in [5, 5.41) is 8.35. The lowest BCUT2D eigenvalue weighted by Gasteiger charge is -2.33. The van der Waals surface area contributed by atoms with Crippen molar-refractivity contribution in [2.75, 3.05) is 19.6 Å². The first-order valence-electron chi connectivity index (χ1n) is 7.70. The summed E-state index contributed by atoms with van der Waals surface area (Å²) in [4.78, 5) is 11.4. The van der Waals surface area contributed by atoms with Crippen LogP contribution < -0.4 is 0 Å². The quantitative estimate of drug-likeness (QED) is 0.804. The third-order valence-corrected chi connectivity index (χ3v) is 5.14. The maximum Gasteiger partial charge on any atom is 0.0734 e. The number of aromatic nitrogens is 4. The average Bonchev–Trinajstić information content (AvgIpc) is 3.23. The summed E-state index contributed by atoms with van der Waals surface area (Å²) in [6.45, 7) is 5.19. The van der Waals surface area contributed by atoms with Crippen LogP contribution in [0, 0.1) is 0 Å². The summed E-state index contributed by atoms with van der Waals surface area (Å²) in [6, 6.07) is 5.52. The lowest BCUT2D eigenvalue weighted by atomic mass is 10.2. The predicted molar refractivity (Wildman–Crippen MR) is 86.1 cm³/mol. The van der Waals surface area contributed by atoms with E-state index in [-0.39, 0.29) is 0 Å². The summed E-state index contributed by atoms with van der Waals surface area (Å²) in [7, 11) is 0. The normalized spacial score (nSPS) is 25.1. The fourth-order valence-electron chi connectivity index (χ4n) is 3.58. The van der Waals surface area contributed by atoms with E-state index in [1.165, 1.54) is 6.42 Å². The van der Waals surface area contributed by atoms with Crippen molar-refractivity contribution in [3.05, 3.63) is 40.9 Å². The van der Waals surface area contributed by atoms with Gasteiger partial charge in [-0.25, -0.2) is 0 Å². The van der Waals surface area contributed by atoms with Crippen LogP contribution in [-0.4, -0.2) is 61.5 Å². The standard InChI is InChI=1S/C15H19BrN6/c16-12-1-2-13(17-8-12)9-21-11-14-7-15(21)10-20(14)5-6-22-18-3-4-19-22/h1-4,8,14-15H,5-7,9-11H2. The highest BCUT2D eigenvalue weighted by Crippen LogP contribution is 2.31. The number of nitrogens with zero attached hydrogens (tertiary/aromatic N) is 6. The van der Waals surface area contributed by atoms with Gasteiger partial charge in [-0.05, 0) is 34.5 Å². The monoisotopic (exact) mass is 362 g/mol. The van der Waals surface area contributed by atoms with Crippen molar-refractivity contribution < 1.29 is 0 Å². The molecule has 0 spiro atoms. The second-order valence-electron chi connectivity index (χ2n) is 6.06. The van der Waals surface area contributed by atoms with Crippen molar-refractivity contribution in [2.45, 2.75) is 31.6 Å². The van der Waals surface area contributed by atoms with Gasteiger partial charge in [0.25, 0.3) is 0 Å². The Morgan fingerprint density at radius 1 is 1.05 bits per heavy atom. The summed E-state index contributed by atoms with van der Waals surface area (Å²) in [6.07, 6.45) is 6.64. The van der Waals surface area contributed by atoms with Crippen LogP contribution in [0.15, 0.2) is 35.2 Å². The van der Waals surface area contributed by atoms with Crippen LogP contribution in [0.2, 0.25) is 0 Å². The molecule has 2 unspecified atom stereocenters. The van der Waals surface area contributed by atoms with Crippen molar-refractivity contribution in [2.24, 2.45) is 0 Å². The molecule has 2 fully saturated rings. The molecule has 0 saturated carbocycles. The highest BCUT2D eigenvalue weighted by atomic mass is 79.9. The second-order valence-corrected chi connectivity index (χ2v) is 6.98. The van der Waals surface area contributed by atoms with Crippen LogP contribution in [0.1, 0.15) is 12.1 Å². The molecular weight excluding hydrogens is 344 g/mol. The van der Waals surface area contributed by atoms with E-state index in [1.807, 2.05) is 6.20 Å². The topological polar surface area (TPSA) is 50.1 Å². The molecule has 0 radical (unpaired) electrons. The van der Waals surface area contributed by atoms with Gasteiger partial charge in [0.1, 0.15) is 0 Å². The fraction of sp³-hybridized carbons (Fsp3) is 0.533. The Morgan fingerprint density at radius 3 is 2.50 bits per heavy atom. The first-order chi connectivity index (χ1) is 10.8. The summed E-state index contributed by atoms with van der Waals surface area (Å²) >= 11 is 3.44. The lowest BCUT2D eigenvalue weighted by molar-refractivity contribution is 0.117. The Morgan fingerprint density at radius 2 is 1.82 bits per heavy atom. The highest BCUT2D eigenvalue weighted by molar-refractivity contribution is 9.10. The van der Waals surface area contributed by atoms with E-state index in [0.717, 1.165) is 42.9 Å². The smallest absolute Gasteiger partial charge is 0.0734 e.